The standard InChI is InChI=1S/C14H21N3O.HI/c1-17(9-11-6-7-18-10-11)14-15-8-13(16-14)12-4-2-3-5-12;/h6-7,10,12-13H,2-5,8-9H2,1H3,(H,15,16);1H. The van der Waals surface area contributed by atoms with Crippen LogP contribution in [0.3, 0.4) is 0 Å². The van der Waals surface area contributed by atoms with Crippen molar-refractivity contribution >= 4 is 29.9 Å². The fraction of sp³-hybridized carbons (Fsp3) is 0.643. The van der Waals surface area contributed by atoms with Crippen molar-refractivity contribution in [2.24, 2.45) is 10.9 Å². The van der Waals surface area contributed by atoms with Crippen LogP contribution in [-0.2, 0) is 6.54 Å². The maximum Gasteiger partial charge on any atom is 0.194 e. The second kappa shape index (κ2) is 6.63. The van der Waals surface area contributed by atoms with Crippen molar-refractivity contribution in [2.75, 3.05) is 13.6 Å². The zero-order valence-electron chi connectivity index (χ0n) is 11.3. The van der Waals surface area contributed by atoms with Gasteiger partial charge >= 0.3 is 0 Å². The third-order valence-corrected chi connectivity index (χ3v) is 4.08. The zero-order valence-corrected chi connectivity index (χ0v) is 13.7. The molecule has 1 aromatic heterocycles. The Labute approximate surface area is 131 Å². The van der Waals surface area contributed by atoms with E-state index in [9.17, 15) is 0 Å². The molecule has 1 unspecified atom stereocenters. The van der Waals surface area contributed by atoms with Crippen molar-refractivity contribution in [3.63, 3.8) is 0 Å². The number of guanidine groups is 1. The second-order valence-corrected chi connectivity index (χ2v) is 5.45. The predicted molar refractivity (Wildman–Crippen MR) is 86.8 cm³/mol. The minimum absolute atomic E-state index is 0. The highest BCUT2D eigenvalue weighted by atomic mass is 127. The number of aliphatic imine (C=N–C) groups is 1. The van der Waals surface area contributed by atoms with Gasteiger partial charge < -0.3 is 14.6 Å². The van der Waals surface area contributed by atoms with Gasteiger partial charge in [0.15, 0.2) is 5.96 Å². The molecule has 1 aromatic rings. The Morgan fingerprint density at radius 2 is 2.21 bits per heavy atom. The third kappa shape index (κ3) is 3.43. The van der Waals surface area contributed by atoms with Crippen molar-refractivity contribution in [1.29, 1.82) is 0 Å². The fourth-order valence-electron chi connectivity index (χ4n) is 3.03. The Morgan fingerprint density at radius 3 is 2.89 bits per heavy atom. The van der Waals surface area contributed by atoms with E-state index in [4.69, 9.17) is 4.42 Å². The highest BCUT2D eigenvalue weighted by Gasteiger charge is 2.29. The van der Waals surface area contributed by atoms with E-state index in [2.05, 4.69) is 22.3 Å². The van der Waals surface area contributed by atoms with Crippen molar-refractivity contribution in [3.05, 3.63) is 24.2 Å². The van der Waals surface area contributed by atoms with E-state index in [1.807, 2.05) is 6.07 Å². The number of nitrogens with one attached hydrogen (secondary N) is 1. The normalized spacial score (nSPS) is 22.8. The third-order valence-electron chi connectivity index (χ3n) is 4.08. The molecule has 0 spiro atoms. The van der Waals surface area contributed by atoms with Gasteiger partial charge in [-0.1, -0.05) is 12.8 Å². The molecule has 0 saturated heterocycles. The summed E-state index contributed by atoms with van der Waals surface area (Å²) in [5.41, 5.74) is 1.19. The summed E-state index contributed by atoms with van der Waals surface area (Å²) in [4.78, 5) is 6.81. The van der Waals surface area contributed by atoms with Crippen LogP contribution in [-0.4, -0.2) is 30.5 Å². The molecule has 4 nitrogen and oxygen atoms in total. The molecule has 1 N–H and O–H groups in total. The van der Waals surface area contributed by atoms with E-state index in [1.54, 1.807) is 12.5 Å². The maximum absolute atomic E-state index is 5.09. The lowest BCUT2D eigenvalue weighted by Crippen LogP contribution is -2.42. The van der Waals surface area contributed by atoms with Crippen LogP contribution in [0.1, 0.15) is 31.2 Å². The number of hydrogen-bond acceptors (Lipinski definition) is 4. The predicted octanol–water partition coefficient (Wildman–Crippen LogP) is 2.85. The van der Waals surface area contributed by atoms with Crippen molar-refractivity contribution in [2.45, 2.75) is 38.3 Å². The summed E-state index contributed by atoms with van der Waals surface area (Å²) >= 11 is 0. The van der Waals surface area contributed by atoms with Crippen molar-refractivity contribution in [1.82, 2.24) is 10.2 Å². The molecule has 0 radical (unpaired) electrons. The van der Waals surface area contributed by atoms with Gasteiger partial charge in [0, 0.05) is 19.2 Å². The summed E-state index contributed by atoms with van der Waals surface area (Å²) in [6, 6.07) is 2.56. The highest BCUT2D eigenvalue weighted by Crippen LogP contribution is 2.29. The number of furan rings is 1. The summed E-state index contributed by atoms with van der Waals surface area (Å²) in [6.45, 7) is 1.79. The number of nitrogens with zero attached hydrogens (tertiary/aromatic N) is 2. The Kier molecular flexibility index (Phi) is 5.13. The smallest absolute Gasteiger partial charge is 0.194 e. The number of rotatable bonds is 3. The molecule has 1 saturated carbocycles. The molecule has 2 heterocycles. The number of hydrogen-bond donors (Lipinski definition) is 1. The first-order valence-electron chi connectivity index (χ1n) is 6.86. The Balaban J connectivity index is 0.00000133. The molecule has 1 fully saturated rings. The molecule has 0 aromatic carbocycles. The molecule has 19 heavy (non-hydrogen) atoms. The van der Waals surface area contributed by atoms with Gasteiger partial charge in [0.05, 0.1) is 25.1 Å². The lowest BCUT2D eigenvalue weighted by atomic mass is 9.99. The second-order valence-electron chi connectivity index (χ2n) is 5.45. The SMILES string of the molecule is CN(Cc1ccoc1)C1=NCC(C2CCCC2)N1.I. The minimum atomic E-state index is 0. The molecule has 1 atom stereocenters. The first-order chi connectivity index (χ1) is 8.83. The zero-order chi connectivity index (χ0) is 12.4. The van der Waals surface area contributed by atoms with Crippen LogP contribution in [0.2, 0.25) is 0 Å². The van der Waals surface area contributed by atoms with Gasteiger partial charge in [-0.2, -0.15) is 0 Å². The van der Waals surface area contributed by atoms with Gasteiger partial charge in [0.1, 0.15) is 0 Å². The molecule has 1 aliphatic heterocycles. The van der Waals surface area contributed by atoms with Crippen molar-refractivity contribution < 1.29 is 4.42 Å². The average molecular weight is 375 g/mol. The Bertz CT molecular complexity index is 412. The van der Waals surface area contributed by atoms with E-state index in [1.165, 1.54) is 31.2 Å². The van der Waals surface area contributed by atoms with E-state index in [0.717, 1.165) is 25.0 Å². The van der Waals surface area contributed by atoms with Crippen LogP contribution in [0.25, 0.3) is 0 Å². The Morgan fingerprint density at radius 1 is 1.42 bits per heavy atom. The van der Waals surface area contributed by atoms with Gasteiger partial charge in [-0.15, -0.1) is 24.0 Å². The largest absolute Gasteiger partial charge is 0.472 e. The lowest BCUT2D eigenvalue weighted by molar-refractivity contribution is 0.407. The van der Waals surface area contributed by atoms with Crippen LogP contribution in [0, 0.1) is 5.92 Å². The maximum atomic E-state index is 5.09. The van der Waals surface area contributed by atoms with Crippen LogP contribution in [0.15, 0.2) is 28.0 Å². The molecule has 3 rings (SSSR count). The molecular formula is C14H22IN3O. The van der Waals surface area contributed by atoms with Gasteiger partial charge in [0.2, 0.25) is 0 Å². The minimum Gasteiger partial charge on any atom is -0.472 e. The van der Waals surface area contributed by atoms with Gasteiger partial charge in [-0.3, -0.25) is 4.99 Å². The van der Waals surface area contributed by atoms with Crippen LogP contribution < -0.4 is 5.32 Å². The quantitative estimate of drug-likeness (QED) is 0.827. The summed E-state index contributed by atoms with van der Waals surface area (Å²) in [6.07, 6.45) is 9.03. The van der Waals surface area contributed by atoms with Crippen molar-refractivity contribution in [3.8, 4) is 0 Å². The molecule has 5 heteroatoms. The number of halogens is 1. The highest BCUT2D eigenvalue weighted by molar-refractivity contribution is 14.0. The first-order valence-corrected chi connectivity index (χ1v) is 6.86. The molecular weight excluding hydrogens is 353 g/mol. The summed E-state index contributed by atoms with van der Waals surface area (Å²) in [5, 5.41) is 3.59. The first kappa shape index (κ1) is 14.7. The van der Waals surface area contributed by atoms with Gasteiger partial charge in [0.25, 0.3) is 0 Å². The van der Waals surface area contributed by atoms with Gasteiger partial charge in [-0.05, 0) is 24.8 Å². The van der Waals surface area contributed by atoms with Crippen LogP contribution in [0.5, 0.6) is 0 Å². The molecule has 106 valence electrons. The lowest BCUT2D eigenvalue weighted by Gasteiger charge is -2.23. The van der Waals surface area contributed by atoms with E-state index >= 15 is 0 Å². The monoisotopic (exact) mass is 375 g/mol. The summed E-state index contributed by atoms with van der Waals surface area (Å²) in [5.74, 6) is 1.86. The summed E-state index contributed by atoms with van der Waals surface area (Å²) in [7, 11) is 2.08. The van der Waals surface area contributed by atoms with Crippen LogP contribution in [0.4, 0.5) is 0 Å². The van der Waals surface area contributed by atoms with Gasteiger partial charge in [-0.25, -0.2) is 0 Å². The Hall–Kier alpha value is -0.720. The van der Waals surface area contributed by atoms with E-state index in [0.29, 0.717) is 6.04 Å². The van der Waals surface area contributed by atoms with Crippen LogP contribution >= 0.6 is 24.0 Å². The molecule has 2 aliphatic rings. The summed E-state index contributed by atoms with van der Waals surface area (Å²) < 4.78 is 5.09. The fourth-order valence-corrected chi connectivity index (χ4v) is 3.03. The average Bonchev–Trinajstić information content (AvgIpc) is 3.11. The van der Waals surface area contributed by atoms with E-state index in [-0.39, 0.29) is 24.0 Å². The van der Waals surface area contributed by atoms with E-state index < -0.39 is 0 Å². The topological polar surface area (TPSA) is 40.8 Å². The molecule has 1 aliphatic carbocycles. The molecule has 0 bridgehead atoms. The molecule has 0 amide bonds.